The van der Waals surface area contributed by atoms with Crippen molar-refractivity contribution >= 4 is 5.97 Å². The maximum absolute atomic E-state index is 11.1. The molecule has 2 nitrogen and oxygen atoms in total. The molecule has 0 aromatic carbocycles. The highest BCUT2D eigenvalue weighted by molar-refractivity contribution is 5.67. The van der Waals surface area contributed by atoms with Crippen LogP contribution in [0, 0.1) is 10.8 Å². The Bertz CT molecular complexity index is 205. The van der Waals surface area contributed by atoms with Crippen LogP contribution in [0.15, 0.2) is 0 Å². The minimum atomic E-state index is -0.650. The van der Waals surface area contributed by atoms with Gasteiger partial charge in [-0.25, -0.2) is 0 Å². The lowest BCUT2D eigenvalue weighted by molar-refractivity contribution is -0.144. The third-order valence-electron chi connectivity index (χ3n) is 5.00. The largest absolute Gasteiger partial charge is 0.481 e. The molecule has 0 bridgehead atoms. The monoisotopic (exact) mass is 228 g/mol. The minimum absolute atomic E-state index is 0.0307. The fourth-order valence-electron chi connectivity index (χ4n) is 3.60. The first-order chi connectivity index (χ1) is 7.47. The van der Waals surface area contributed by atoms with Crippen molar-refractivity contribution in [1.29, 1.82) is 0 Å². The molecule has 0 aliphatic rings. The number of rotatable bonds is 8. The molecule has 0 heterocycles. The highest BCUT2D eigenvalue weighted by atomic mass is 16.4. The van der Waals surface area contributed by atoms with Crippen LogP contribution in [0.25, 0.3) is 0 Å². The van der Waals surface area contributed by atoms with E-state index in [0.717, 1.165) is 32.1 Å². The Morgan fingerprint density at radius 3 is 1.31 bits per heavy atom. The SMILES string of the molecule is CCC(CC)(CC)C(CC)(CC)CC(=O)O. The van der Waals surface area contributed by atoms with Crippen molar-refractivity contribution in [2.24, 2.45) is 10.8 Å². The number of hydrogen-bond acceptors (Lipinski definition) is 1. The average Bonchev–Trinajstić information content (AvgIpc) is 2.29. The van der Waals surface area contributed by atoms with E-state index in [1.54, 1.807) is 0 Å². The van der Waals surface area contributed by atoms with E-state index in [-0.39, 0.29) is 10.8 Å². The van der Waals surface area contributed by atoms with Crippen molar-refractivity contribution in [1.82, 2.24) is 0 Å². The highest BCUT2D eigenvalue weighted by Crippen LogP contribution is 2.54. The van der Waals surface area contributed by atoms with Crippen LogP contribution in [0.3, 0.4) is 0 Å². The van der Waals surface area contributed by atoms with Crippen molar-refractivity contribution in [3.05, 3.63) is 0 Å². The molecule has 16 heavy (non-hydrogen) atoms. The van der Waals surface area contributed by atoms with Gasteiger partial charge in [-0.3, -0.25) is 4.79 Å². The summed E-state index contributed by atoms with van der Waals surface area (Å²) in [4.78, 5) is 11.1. The zero-order valence-corrected chi connectivity index (χ0v) is 11.6. The van der Waals surface area contributed by atoms with Crippen LogP contribution >= 0.6 is 0 Å². The van der Waals surface area contributed by atoms with Gasteiger partial charge in [-0.15, -0.1) is 0 Å². The Morgan fingerprint density at radius 2 is 1.12 bits per heavy atom. The van der Waals surface area contributed by atoms with E-state index in [2.05, 4.69) is 34.6 Å². The van der Waals surface area contributed by atoms with Gasteiger partial charge in [0.05, 0.1) is 6.42 Å². The lowest BCUT2D eigenvalue weighted by Gasteiger charge is -2.49. The molecule has 2 heteroatoms. The first-order valence-corrected chi connectivity index (χ1v) is 6.69. The Balaban J connectivity index is 5.33. The fraction of sp³-hybridized carbons (Fsp3) is 0.929. The van der Waals surface area contributed by atoms with Crippen LogP contribution in [-0.4, -0.2) is 11.1 Å². The summed E-state index contributed by atoms with van der Waals surface area (Å²) in [6.45, 7) is 10.9. The molecule has 96 valence electrons. The molecular formula is C14H28O2. The lowest BCUT2D eigenvalue weighted by atomic mass is 9.55. The lowest BCUT2D eigenvalue weighted by Crippen LogP contribution is -2.42. The Hall–Kier alpha value is -0.530. The third kappa shape index (κ3) is 2.58. The zero-order chi connectivity index (χ0) is 12.8. The maximum Gasteiger partial charge on any atom is 0.303 e. The molecule has 0 rings (SSSR count). The molecule has 0 saturated heterocycles. The van der Waals surface area contributed by atoms with Gasteiger partial charge in [-0.1, -0.05) is 34.6 Å². The van der Waals surface area contributed by atoms with Gasteiger partial charge in [0.2, 0.25) is 0 Å². The van der Waals surface area contributed by atoms with Gasteiger partial charge in [0, 0.05) is 0 Å². The molecule has 0 spiro atoms. The molecule has 0 aliphatic heterocycles. The topological polar surface area (TPSA) is 37.3 Å². The van der Waals surface area contributed by atoms with Gasteiger partial charge in [-0.05, 0) is 42.9 Å². The van der Waals surface area contributed by atoms with Crippen LogP contribution in [-0.2, 0) is 4.79 Å². The maximum atomic E-state index is 11.1. The van der Waals surface area contributed by atoms with Crippen molar-refractivity contribution in [3.8, 4) is 0 Å². The van der Waals surface area contributed by atoms with E-state index < -0.39 is 5.97 Å². The van der Waals surface area contributed by atoms with E-state index >= 15 is 0 Å². The second-order valence-corrected chi connectivity index (χ2v) is 4.90. The van der Waals surface area contributed by atoms with Gasteiger partial charge < -0.3 is 5.11 Å². The number of carboxylic acid groups (broad SMARTS) is 1. The Labute approximate surface area is 100 Å². The van der Waals surface area contributed by atoms with Gasteiger partial charge in [0.15, 0.2) is 0 Å². The quantitative estimate of drug-likeness (QED) is 0.665. The molecule has 0 atom stereocenters. The van der Waals surface area contributed by atoms with Crippen LogP contribution in [0.4, 0.5) is 0 Å². The van der Waals surface area contributed by atoms with E-state index in [0.29, 0.717) is 6.42 Å². The predicted octanol–water partition coefficient (Wildman–Crippen LogP) is 4.48. The second-order valence-electron chi connectivity index (χ2n) is 4.90. The molecule has 1 N–H and O–H groups in total. The fourth-order valence-corrected chi connectivity index (χ4v) is 3.60. The van der Waals surface area contributed by atoms with Crippen LogP contribution in [0.1, 0.15) is 73.1 Å². The molecule has 0 aromatic rings. The molecular weight excluding hydrogens is 200 g/mol. The average molecular weight is 228 g/mol. The first kappa shape index (κ1) is 15.5. The first-order valence-electron chi connectivity index (χ1n) is 6.69. The third-order valence-corrected chi connectivity index (χ3v) is 5.00. The molecule has 0 saturated carbocycles. The molecule has 0 aromatic heterocycles. The number of aliphatic carboxylic acids is 1. The minimum Gasteiger partial charge on any atom is -0.481 e. The van der Waals surface area contributed by atoms with E-state index in [1.165, 1.54) is 0 Å². The summed E-state index contributed by atoms with van der Waals surface area (Å²) in [7, 11) is 0. The Morgan fingerprint density at radius 1 is 0.812 bits per heavy atom. The van der Waals surface area contributed by atoms with Gasteiger partial charge in [0.25, 0.3) is 0 Å². The highest BCUT2D eigenvalue weighted by Gasteiger charge is 2.46. The second kappa shape index (κ2) is 6.27. The summed E-state index contributed by atoms with van der Waals surface area (Å²) in [5.41, 5.74) is 0.159. The van der Waals surface area contributed by atoms with Crippen molar-refractivity contribution in [2.75, 3.05) is 0 Å². The molecule has 0 fully saturated rings. The van der Waals surface area contributed by atoms with Crippen LogP contribution in [0.5, 0.6) is 0 Å². The van der Waals surface area contributed by atoms with Gasteiger partial charge in [0.1, 0.15) is 0 Å². The Kier molecular flexibility index (Phi) is 6.06. The summed E-state index contributed by atoms with van der Waals surface area (Å²) in [5, 5.41) is 9.16. The molecule has 0 unspecified atom stereocenters. The molecule has 0 aliphatic carbocycles. The van der Waals surface area contributed by atoms with E-state index in [1.807, 2.05) is 0 Å². The van der Waals surface area contributed by atoms with Crippen LogP contribution in [0.2, 0.25) is 0 Å². The number of hydrogen-bond donors (Lipinski definition) is 1. The van der Waals surface area contributed by atoms with Crippen molar-refractivity contribution < 1.29 is 9.90 Å². The molecule has 0 radical (unpaired) electrons. The predicted molar refractivity (Wildman–Crippen MR) is 68.6 cm³/mol. The van der Waals surface area contributed by atoms with E-state index in [4.69, 9.17) is 5.11 Å². The number of carbonyl (C=O) groups is 1. The van der Waals surface area contributed by atoms with Gasteiger partial charge >= 0.3 is 5.97 Å². The summed E-state index contributed by atoms with van der Waals surface area (Å²) in [5.74, 6) is -0.650. The number of carboxylic acids is 1. The zero-order valence-electron chi connectivity index (χ0n) is 11.6. The van der Waals surface area contributed by atoms with E-state index in [9.17, 15) is 4.79 Å². The summed E-state index contributed by atoms with van der Waals surface area (Å²) in [6.07, 6.45) is 5.48. The summed E-state index contributed by atoms with van der Waals surface area (Å²) < 4.78 is 0. The van der Waals surface area contributed by atoms with Crippen molar-refractivity contribution in [3.63, 3.8) is 0 Å². The summed E-state index contributed by atoms with van der Waals surface area (Å²) in [6, 6.07) is 0. The van der Waals surface area contributed by atoms with Gasteiger partial charge in [-0.2, -0.15) is 0 Å². The molecule has 0 amide bonds. The summed E-state index contributed by atoms with van der Waals surface area (Å²) >= 11 is 0. The van der Waals surface area contributed by atoms with Crippen molar-refractivity contribution in [2.45, 2.75) is 73.1 Å². The normalized spacial score (nSPS) is 12.8. The smallest absolute Gasteiger partial charge is 0.303 e. The van der Waals surface area contributed by atoms with Crippen LogP contribution < -0.4 is 0 Å². The standard InChI is InChI=1S/C14H28O2/c1-6-13(7-2,8-3)14(9-4,10-5)11-12(15)16/h6-11H2,1-5H3,(H,15,16).